The molecule has 0 radical (unpaired) electrons. The lowest BCUT2D eigenvalue weighted by Gasteiger charge is -2.37. The van der Waals surface area contributed by atoms with Gasteiger partial charge >= 0.3 is 0 Å². The van der Waals surface area contributed by atoms with E-state index in [1.807, 2.05) is 90.7 Å². The van der Waals surface area contributed by atoms with Gasteiger partial charge in [-0.1, -0.05) is 78.9 Å². The average Bonchev–Trinajstić information content (AvgIpc) is 3.10. The van der Waals surface area contributed by atoms with E-state index in [1.54, 1.807) is 35.8 Å². The molecule has 0 fully saturated rings. The van der Waals surface area contributed by atoms with Gasteiger partial charge in [0.2, 0.25) is 11.8 Å². The van der Waals surface area contributed by atoms with Crippen molar-refractivity contribution in [2.45, 2.75) is 38.9 Å². The predicted octanol–water partition coefficient (Wildman–Crippen LogP) is 6.09. The fraction of sp³-hybridized carbons (Fsp3) is 0.184. The van der Waals surface area contributed by atoms with Gasteiger partial charge < -0.3 is 9.80 Å². The van der Waals surface area contributed by atoms with Crippen molar-refractivity contribution >= 4 is 17.9 Å². The monoisotopic (exact) mass is 593 g/mol. The molecule has 3 heterocycles. The summed E-state index contributed by atoms with van der Waals surface area (Å²) < 4.78 is 0. The van der Waals surface area contributed by atoms with Crippen molar-refractivity contribution in [2.24, 2.45) is 0 Å². The summed E-state index contributed by atoms with van der Waals surface area (Å²) in [5.74, 6) is 0.356. The summed E-state index contributed by atoms with van der Waals surface area (Å²) in [4.78, 5) is 44.8. The second-order valence-electron chi connectivity index (χ2n) is 11.3. The maximum Gasteiger partial charge on any atom is 0.247 e. The first kappa shape index (κ1) is 29.6. The van der Waals surface area contributed by atoms with Gasteiger partial charge in [0.25, 0.3) is 0 Å². The highest BCUT2D eigenvalue weighted by atomic mass is 16.2. The molecule has 1 atom stereocenters. The summed E-state index contributed by atoms with van der Waals surface area (Å²) in [6.45, 7) is 3.23. The third-order valence-corrected chi connectivity index (χ3v) is 8.20. The van der Waals surface area contributed by atoms with Crippen molar-refractivity contribution in [1.29, 1.82) is 0 Å². The third-order valence-electron chi connectivity index (χ3n) is 8.20. The van der Waals surface area contributed by atoms with Gasteiger partial charge in [0.05, 0.1) is 0 Å². The standard InChI is InChI=1S/C38H35N5O2/c1-28-40-24-31(25-41-28)13-16-37(44)43(26-30-11-14-33(15-12-30)34-17-20-39-21-18-34)36(23-29-7-3-2-4-8-29)38(45)42-22-19-32-9-5-6-10-35(32)27-42/h2-18,20-21,24-25,36H,19,22-23,26-27H2,1H3/t36-/m0/s1. The molecule has 0 N–H and O–H groups in total. The summed E-state index contributed by atoms with van der Waals surface area (Å²) in [7, 11) is 0. The Balaban J connectivity index is 1.34. The van der Waals surface area contributed by atoms with Gasteiger partial charge in [0, 0.05) is 62.5 Å². The molecule has 0 bridgehead atoms. The minimum Gasteiger partial charge on any atom is -0.336 e. The Morgan fingerprint density at radius 3 is 2.22 bits per heavy atom. The van der Waals surface area contributed by atoms with Gasteiger partial charge in [-0.3, -0.25) is 14.6 Å². The van der Waals surface area contributed by atoms with Crippen molar-refractivity contribution in [2.75, 3.05) is 6.54 Å². The van der Waals surface area contributed by atoms with Gasteiger partial charge in [0.1, 0.15) is 11.9 Å². The maximum atomic E-state index is 14.5. The zero-order valence-corrected chi connectivity index (χ0v) is 25.3. The number of hydrogen-bond acceptors (Lipinski definition) is 5. The molecule has 1 aliphatic rings. The minimum absolute atomic E-state index is 0.0535. The molecule has 7 nitrogen and oxygen atoms in total. The second kappa shape index (κ2) is 13.9. The number of benzene rings is 3. The SMILES string of the molecule is Cc1ncc(C=CC(=O)N(Cc2ccc(-c3ccncc3)cc2)[C@@H](Cc2ccccc2)C(=O)N2CCc3ccccc3C2)cn1. The lowest BCUT2D eigenvalue weighted by molar-refractivity contribution is -0.144. The van der Waals surface area contributed by atoms with E-state index in [-0.39, 0.29) is 18.4 Å². The van der Waals surface area contributed by atoms with E-state index in [1.165, 1.54) is 11.6 Å². The first-order valence-corrected chi connectivity index (χ1v) is 15.2. The molecular weight excluding hydrogens is 558 g/mol. The molecule has 2 amide bonds. The highest BCUT2D eigenvalue weighted by Crippen LogP contribution is 2.24. The number of fused-ring (bicyclic) bond motifs is 1. The van der Waals surface area contributed by atoms with Gasteiger partial charge in [-0.25, -0.2) is 9.97 Å². The Hall–Kier alpha value is -5.43. The van der Waals surface area contributed by atoms with E-state index in [9.17, 15) is 9.59 Å². The number of pyridine rings is 1. The van der Waals surface area contributed by atoms with Crippen LogP contribution < -0.4 is 0 Å². The van der Waals surface area contributed by atoms with Crippen LogP contribution in [0.15, 0.2) is 122 Å². The van der Waals surface area contributed by atoms with Crippen LogP contribution in [0, 0.1) is 6.92 Å². The number of aryl methyl sites for hydroxylation is 1. The van der Waals surface area contributed by atoms with E-state index >= 15 is 0 Å². The molecule has 0 aliphatic carbocycles. The molecule has 6 rings (SSSR count). The number of hydrogen-bond donors (Lipinski definition) is 0. The van der Waals surface area contributed by atoms with Crippen molar-refractivity contribution in [3.63, 3.8) is 0 Å². The van der Waals surface area contributed by atoms with E-state index in [0.717, 1.165) is 34.2 Å². The van der Waals surface area contributed by atoms with E-state index < -0.39 is 6.04 Å². The van der Waals surface area contributed by atoms with E-state index in [2.05, 4.69) is 27.1 Å². The number of amides is 2. The first-order chi connectivity index (χ1) is 22.0. The van der Waals surface area contributed by atoms with Crippen molar-refractivity contribution < 1.29 is 9.59 Å². The quantitative estimate of drug-likeness (QED) is 0.194. The zero-order chi connectivity index (χ0) is 31.0. The Bertz CT molecular complexity index is 1770. The number of nitrogens with zero attached hydrogens (tertiary/aromatic N) is 5. The molecule has 0 saturated carbocycles. The van der Waals surface area contributed by atoms with Crippen LogP contribution in [-0.4, -0.2) is 49.2 Å². The molecule has 3 aromatic carbocycles. The van der Waals surface area contributed by atoms with E-state index in [0.29, 0.717) is 30.9 Å². The summed E-state index contributed by atoms with van der Waals surface area (Å²) in [6, 6.07) is 29.5. The van der Waals surface area contributed by atoms with E-state index in [4.69, 9.17) is 0 Å². The van der Waals surface area contributed by atoms with Crippen LogP contribution in [0.3, 0.4) is 0 Å². The highest BCUT2D eigenvalue weighted by molar-refractivity contribution is 5.95. The van der Waals surface area contributed by atoms with Crippen molar-refractivity contribution in [3.05, 3.63) is 156 Å². The lowest BCUT2D eigenvalue weighted by Crippen LogP contribution is -2.52. The van der Waals surface area contributed by atoms with Crippen molar-refractivity contribution in [1.82, 2.24) is 24.8 Å². The smallest absolute Gasteiger partial charge is 0.247 e. The van der Waals surface area contributed by atoms with Crippen LogP contribution in [0.5, 0.6) is 0 Å². The lowest BCUT2D eigenvalue weighted by atomic mass is 9.97. The van der Waals surface area contributed by atoms with Crippen LogP contribution in [0.25, 0.3) is 17.2 Å². The fourth-order valence-electron chi connectivity index (χ4n) is 5.70. The first-order valence-electron chi connectivity index (χ1n) is 15.2. The molecule has 1 aliphatic heterocycles. The molecule has 0 saturated heterocycles. The highest BCUT2D eigenvalue weighted by Gasteiger charge is 2.34. The molecule has 2 aromatic heterocycles. The Morgan fingerprint density at radius 1 is 0.822 bits per heavy atom. The topological polar surface area (TPSA) is 79.3 Å². The summed E-state index contributed by atoms with van der Waals surface area (Å²) in [5, 5.41) is 0. The second-order valence-corrected chi connectivity index (χ2v) is 11.3. The fourth-order valence-corrected chi connectivity index (χ4v) is 5.70. The Morgan fingerprint density at radius 2 is 1.49 bits per heavy atom. The van der Waals surface area contributed by atoms with Gasteiger partial charge in [-0.05, 0) is 64.9 Å². The predicted molar refractivity (Wildman–Crippen MR) is 176 cm³/mol. The molecule has 0 spiro atoms. The Kier molecular flexibility index (Phi) is 9.16. The van der Waals surface area contributed by atoms with Crippen LogP contribution in [0.2, 0.25) is 0 Å². The normalized spacial score (nSPS) is 13.3. The summed E-state index contributed by atoms with van der Waals surface area (Å²) in [6.07, 6.45) is 11.3. The van der Waals surface area contributed by atoms with Crippen LogP contribution in [0.1, 0.15) is 33.6 Å². The largest absolute Gasteiger partial charge is 0.336 e. The molecule has 0 unspecified atom stereocenters. The van der Waals surface area contributed by atoms with Gasteiger partial charge in [-0.2, -0.15) is 0 Å². The number of carbonyl (C=O) groups is 2. The Labute approximate surface area is 263 Å². The number of carbonyl (C=O) groups excluding carboxylic acids is 2. The third kappa shape index (κ3) is 7.39. The minimum atomic E-state index is -0.705. The summed E-state index contributed by atoms with van der Waals surface area (Å²) in [5.41, 5.74) is 7.19. The van der Waals surface area contributed by atoms with Crippen LogP contribution in [0.4, 0.5) is 0 Å². The average molecular weight is 594 g/mol. The zero-order valence-electron chi connectivity index (χ0n) is 25.3. The molecule has 7 heteroatoms. The number of aromatic nitrogens is 3. The molecular formula is C38H35N5O2. The summed E-state index contributed by atoms with van der Waals surface area (Å²) >= 11 is 0. The van der Waals surface area contributed by atoms with Crippen LogP contribution >= 0.6 is 0 Å². The van der Waals surface area contributed by atoms with Crippen LogP contribution in [-0.2, 0) is 35.5 Å². The van der Waals surface area contributed by atoms with Gasteiger partial charge in [-0.15, -0.1) is 0 Å². The van der Waals surface area contributed by atoms with Gasteiger partial charge in [0.15, 0.2) is 0 Å². The molecule has 224 valence electrons. The maximum absolute atomic E-state index is 14.5. The number of rotatable bonds is 9. The molecule has 45 heavy (non-hydrogen) atoms. The van der Waals surface area contributed by atoms with Crippen molar-refractivity contribution in [3.8, 4) is 11.1 Å². The molecule has 5 aromatic rings.